The number of benzene rings is 2. The Labute approximate surface area is 162 Å². The van der Waals surface area contributed by atoms with Crippen LogP contribution in [0.4, 0.5) is 5.69 Å². The van der Waals surface area contributed by atoms with Gasteiger partial charge in [0.25, 0.3) is 5.56 Å². The molecule has 0 aliphatic carbocycles. The number of hydrogen-bond donors (Lipinski definition) is 1. The van der Waals surface area contributed by atoms with Gasteiger partial charge in [-0.1, -0.05) is 12.0 Å². The number of ether oxygens (including phenoxy) is 3. The van der Waals surface area contributed by atoms with Crippen molar-refractivity contribution in [2.75, 3.05) is 32.8 Å². The highest BCUT2D eigenvalue weighted by Gasteiger charge is 2.17. The van der Waals surface area contributed by atoms with Crippen LogP contribution in [-0.4, -0.2) is 37.8 Å². The summed E-state index contributed by atoms with van der Waals surface area (Å²) in [5.41, 5.74) is 2.20. The molecule has 28 heavy (non-hydrogen) atoms. The standard InChI is InChI=1S/C21H21N3O4/c1-5-8-24(15-10-18(26-2)20(28-4)19(11-15)27-3)12-14-6-7-17-16(9-14)21(25)23-13-22-17/h1,6-7,9-11,13H,8,12H2,2-4H3,(H,22,23,25). The first-order valence-electron chi connectivity index (χ1n) is 8.56. The number of methoxy groups -OCH3 is 3. The quantitative estimate of drug-likeness (QED) is 0.636. The SMILES string of the molecule is C#CCN(Cc1ccc2nc[nH]c(=O)c2c1)c1cc(OC)c(OC)c(OC)c1. The van der Waals surface area contributed by atoms with Crippen LogP contribution in [0.2, 0.25) is 0 Å². The lowest BCUT2D eigenvalue weighted by molar-refractivity contribution is 0.324. The Morgan fingerprint density at radius 3 is 2.43 bits per heavy atom. The van der Waals surface area contributed by atoms with Gasteiger partial charge < -0.3 is 24.1 Å². The minimum Gasteiger partial charge on any atom is -0.493 e. The van der Waals surface area contributed by atoms with E-state index in [9.17, 15) is 4.79 Å². The molecule has 1 N–H and O–H groups in total. The first-order valence-corrected chi connectivity index (χ1v) is 8.56. The molecule has 0 spiro atoms. The summed E-state index contributed by atoms with van der Waals surface area (Å²) >= 11 is 0. The smallest absolute Gasteiger partial charge is 0.258 e. The topological polar surface area (TPSA) is 76.7 Å². The molecule has 3 aromatic rings. The first kappa shape index (κ1) is 19.1. The van der Waals surface area contributed by atoms with Gasteiger partial charge in [0, 0.05) is 24.4 Å². The molecule has 0 saturated heterocycles. The van der Waals surface area contributed by atoms with Crippen molar-refractivity contribution in [1.82, 2.24) is 9.97 Å². The summed E-state index contributed by atoms with van der Waals surface area (Å²) in [4.78, 5) is 20.8. The lowest BCUT2D eigenvalue weighted by Gasteiger charge is -2.25. The highest BCUT2D eigenvalue weighted by atomic mass is 16.5. The van der Waals surface area contributed by atoms with Gasteiger partial charge in [-0.05, 0) is 17.7 Å². The number of fused-ring (bicyclic) bond motifs is 1. The van der Waals surface area contributed by atoms with Crippen LogP contribution in [-0.2, 0) is 6.54 Å². The fourth-order valence-corrected chi connectivity index (χ4v) is 3.03. The fourth-order valence-electron chi connectivity index (χ4n) is 3.03. The van der Waals surface area contributed by atoms with Crippen LogP contribution in [0.15, 0.2) is 41.5 Å². The van der Waals surface area contributed by atoms with E-state index in [2.05, 4.69) is 15.9 Å². The van der Waals surface area contributed by atoms with Gasteiger partial charge in [0.1, 0.15) is 0 Å². The second-order valence-corrected chi connectivity index (χ2v) is 6.03. The van der Waals surface area contributed by atoms with Crippen LogP contribution in [0.1, 0.15) is 5.56 Å². The highest BCUT2D eigenvalue weighted by molar-refractivity contribution is 5.78. The van der Waals surface area contributed by atoms with Crippen molar-refractivity contribution in [2.24, 2.45) is 0 Å². The number of nitrogens with one attached hydrogen (secondary N) is 1. The molecular weight excluding hydrogens is 358 g/mol. The van der Waals surface area contributed by atoms with Crippen molar-refractivity contribution >= 4 is 16.6 Å². The molecule has 7 nitrogen and oxygen atoms in total. The molecule has 0 unspecified atom stereocenters. The molecule has 0 aliphatic heterocycles. The normalized spacial score (nSPS) is 10.4. The number of terminal acetylenes is 1. The molecule has 1 heterocycles. The maximum absolute atomic E-state index is 12.1. The van der Waals surface area contributed by atoms with Gasteiger partial charge in [-0.3, -0.25) is 4.79 Å². The lowest BCUT2D eigenvalue weighted by Crippen LogP contribution is -2.23. The Morgan fingerprint density at radius 2 is 1.82 bits per heavy atom. The molecule has 7 heteroatoms. The Hall–Kier alpha value is -3.66. The van der Waals surface area contributed by atoms with Gasteiger partial charge in [0.15, 0.2) is 11.5 Å². The van der Waals surface area contributed by atoms with E-state index < -0.39 is 0 Å². The molecular formula is C21H21N3O4. The van der Waals surface area contributed by atoms with Crippen LogP contribution in [0.25, 0.3) is 10.9 Å². The molecule has 3 rings (SSSR count). The summed E-state index contributed by atoms with van der Waals surface area (Å²) in [6.45, 7) is 0.854. The molecule has 0 bridgehead atoms. The number of H-pyrrole nitrogens is 1. The third kappa shape index (κ3) is 3.71. The number of hydrogen-bond acceptors (Lipinski definition) is 6. The minimum absolute atomic E-state index is 0.178. The van der Waals surface area contributed by atoms with Crippen LogP contribution in [0, 0.1) is 12.3 Å². The number of anilines is 1. The van der Waals surface area contributed by atoms with E-state index in [1.807, 2.05) is 35.2 Å². The molecule has 0 atom stereocenters. The monoisotopic (exact) mass is 379 g/mol. The average Bonchev–Trinajstić information content (AvgIpc) is 2.72. The molecule has 144 valence electrons. The van der Waals surface area contributed by atoms with E-state index in [0.717, 1.165) is 11.3 Å². The van der Waals surface area contributed by atoms with Gasteiger partial charge in [-0.25, -0.2) is 4.98 Å². The van der Waals surface area contributed by atoms with Gasteiger partial charge >= 0.3 is 0 Å². The predicted octanol–water partition coefficient (Wildman–Crippen LogP) is 2.59. The maximum atomic E-state index is 12.1. The van der Waals surface area contributed by atoms with E-state index in [4.69, 9.17) is 20.6 Å². The zero-order valence-electron chi connectivity index (χ0n) is 16.0. The molecule has 0 saturated carbocycles. The van der Waals surface area contributed by atoms with E-state index in [1.54, 1.807) is 21.3 Å². The molecule has 1 aromatic heterocycles. The van der Waals surface area contributed by atoms with E-state index in [0.29, 0.717) is 41.2 Å². The van der Waals surface area contributed by atoms with E-state index in [-0.39, 0.29) is 5.56 Å². The van der Waals surface area contributed by atoms with Gasteiger partial charge in [0.05, 0.1) is 45.1 Å². The minimum atomic E-state index is -0.178. The molecule has 0 fully saturated rings. The second-order valence-electron chi connectivity index (χ2n) is 6.03. The van der Waals surface area contributed by atoms with E-state index >= 15 is 0 Å². The number of aromatic nitrogens is 2. The summed E-state index contributed by atoms with van der Waals surface area (Å²) < 4.78 is 16.2. The maximum Gasteiger partial charge on any atom is 0.258 e. The molecule has 2 aromatic carbocycles. The predicted molar refractivity (Wildman–Crippen MR) is 108 cm³/mol. The van der Waals surface area contributed by atoms with Crippen molar-refractivity contribution in [3.8, 4) is 29.6 Å². The zero-order valence-corrected chi connectivity index (χ0v) is 16.0. The summed E-state index contributed by atoms with van der Waals surface area (Å²) in [7, 11) is 4.68. The second kappa shape index (κ2) is 8.35. The summed E-state index contributed by atoms with van der Waals surface area (Å²) in [5, 5.41) is 0.533. The van der Waals surface area contributed by atoms with E-state index in [1.165, 1.54) is 6.33 Å². The molecule has 0 aliphatic rings. The summed E-state index contributed by atoms with van der Waals surface area (Å²) in [6, 6.07) is 9.25. The van der Waals surface area contributed by atoms with Crippen molar-refractivity contribution < 1.29 is 14.2 Å². The number of rotatable bonds is 7. The number of nitrogens with zero attached hydrogens (tertiary/aromatic N) is 2. The Kier molecular flexibility index (Phi) is 5.70. The Balaban J connectivity index is 2.02. The summed E-state index contributed by atoms with van der Waals surface area (Å²) in [6.07, 6.45) is 6.98. The highest BCUT2D eigenvalue weighted by Crippen LogP contribution is 2.41. The third-order valence-corrected chi connectivity index (χ3v) is 4.38. The largest absolute Gasteiger partial charge is 0.493 e. The Bertz CT molecular complexity index is 1060. The van der Waals surface area contributed by atoms with Crippen LogP contribution >= 0.6 is 0 Å². The van der Waals surface area contributed by atoms with Crippen LogP contribution in [0.3, 0.4) is 0 Å². The molecule has 0 radical (unpaired) electrons. The Morgan fingerprint density at radius 1 is 1.11 bits per heavy atom. The van der Waals surface area contributed by atoms with Crippen molar-refractivity contribution in [1.29, 1.82) is 0 Å². The van der Waals surface area contributed by atoms with Crippen molar-refractivity contribution in [2.45, 2.75) is 6.54 Å². The third-order valence-electron chi connectivity index (χ3n) is 4.38. The van der Waals surface area contributed by atoms with Crippen LogP contribution < -0.4 is 24.7 Å². The zero-order chi connectivity index (χ0) is 20.1. The van der Waals surface area contributed by atoms with Gasteiger partial charge in [-0.2, -0.15) is 0 Å². The number of aromatic amines is 1. The average molecular weight is 379 g/mol. The summed E-state index contributed by atoms with van der Waals surface area (Å²) in [5.74, 6) is 4.26. The van der Waals surface area contributed by atoms with Gasteiger partial charge in [-0.15, -0.1) is 6.42 Å². The van der Waals surface area contributed by atoms with Crippen molar-refractivity contribution in [3.05, 3.63) is 52.6 Å². The fraction of sp³-hybridized carbons (Fsp3) is 0.238. The first-order chi connectivity index (χ1) is 13.6. The lowest BCUT2D eigenvalue weighted by atomic mass is 10.1. The molecule has 0 amide bonds. The van der Waals surface area contributed by atoms with Gasteiger partial charge in [0.2, 0.25) is 5.75 Å². The van der Waals surface area contributed by atoms with Crippen LogP contribution in [0.5, 0.6) is 17.2 Å². The van der Waals surface area contributed by atoms with Crippen molar-refractivity contribution in [3.63, 3.8) is 0 Å².